The standard InChI is InChI=1S/C6H11NO5S/c8-6(9)3-7-13(10,11)5-1-2-12-4-5/h5,7H,1-4H2,(H,8,9). The fourth-order valence-corrected chi connectivity index (χ4v) is 2.28. The van der Waals surface area contributed by atoms with Crippen molar-refractivity contribution in [2.45, 2.75) is 11.7 Å². The number of aliphatic carboxylic acids is 1. The maximum absolute atomic E-state index is 11.3. The first kappa shape index (κ1) is 10.4. The maximum atomic E-state index is 11.3. The van der Waals surface area contributed by atoms with Gasteiger partial charge in [-0.1, -0.05) is 0 Å². The molecule has 0 saturated carbocycles. The van der Waals surface area contributed by atoms with Crippen molar-refractivity contribution in [3.8, 4) is 0 Å². The number of carbonyl (C=O) groups is 1. The van der Waals surface area contributed by atoms with E-state index in [0.717, 1.165) is 0 Å². The Bertz CT molecular complexity index is 279. The van der Waals surface area contributed by atoms with E-state index in [1.165, 1.54) is 0 Å². The molecule has 0 aliphatic carbocycles. The number of carboxylic acids is 1. The number of ether oxygens (including phenoxy) is 1. The molecule has 0 amide bonds. The van der Waals surface area contributed by atoms with E-state index in [0.29, 0.717) is 13.0 Å². The molecular formula is C6H11NO5S. The molecule has 0 bridgehead atoms. The van der Waals surface area contributed by atoms with Crippen molar-refractivity contribution in [2.24, 2.45) is 0 Å². The van der Waals surface area contributed by atoms with Gasteiger partial charge < -0.3 is 9.84 Å². The highest BCUT2D eigenvalue weighted by molar-refractivity contribution is 7.90. The molecule has 0 spiro atoms. The molecule has 13 heavy (non-hydrogen) atoms. The molecule has 1 heterocycles. The Kier molecular flexibility index (Phi) is 3.23. The van der Waals surface area contributed by atoms with Crippen molar-refractivity contribution in [1.29, 1.82) is 0 Å². The highest BCUT2D eigenvalue weighted by Crippen LogP contribution is 2.11. The third-order valence-electron chi connectivity index (χ3n) is 1.75. The van der Waals surface area contributed by atoms with Gasteiger partial charge in [-0.15, -0.1) is 0 Å². The van der Waals surface area contributed by atoms with E-state index in [9.17, 15) is 13.2 Å². The average Bonchev–Trinajstić information content (AvgIpc) is 2.53. The van der Waals surface area contributed by atoms with E-state index in [-0.39, 0.29) is 6.61 Å². The van der Waals surface area contributed by atoms with E-state index >= 15 is 0 Å². The van der Waals surface area contributed by atoms with Gasteiger partial charge in [0, 0.05) is 6.61 Å². The molecule has 1 aliphatic rings. The van der Waals surface area contributed by atoms with Crippen LogP contribution in [0.5, 0.6) is 0 Å². The first-order chi connectivity index (χ1) is 6.02. The summed E-state index contributed by atoms with van der Waals surface area (Å²) in [6.45, 7) is -0.00751. The van der Waals surface area contributed by atoms with Gasteiger partial charge in [0.2, 0.25) is 10.0 Å². The van der Waals surface area contributed by atoms with E-state index in [2.05, 4.69) is 0 Å². The van der Waals surface area contributed by atoms with Gasteiger partial charge >= 0.3 is 5.97 Å². The Morgan fingerprint density at radius 3 is 2.77 bits per heavy atom. The summed E-state index contributed by atoms with van der Waals surface area (Å²) in [5.41, 5.74) is 0. The Balaban J connectivity index is 2.50. The summed E-state index contributed by atoms with van der Waals surface area (Å²) in [5, 5.41) is 7.66. The Labute approximate surface area is 75.9 Å². The topological polar surface area (TPSA) is 92.7 Å². The highest BCUT2D eigenvalue weighted by atomic mass is 32.2. The zero-order chi connectivity index (χ0) is 9.90. The quantitative estimate of drug-likeness (QED) is 0.605. The number of nitrogens with one attached hydrogen (secondary N) is 1. The van der Waals surface area contributed by atoms with Crippen LogP contribution in [0, 0.1) is 0 Å². The molecule has 1 unspecified atom stereocenters. The first-order valence-electron chi connectivity index (χ1n) is 3.80. The summed E-state index contributed by atoms with van der Waals surface area (Å²) in [6.07, 6.45) is 0.426. The molecule has 1 saturated heterocycles. The summed E-state index contributed by atoms with van der Waals surface area (Å²) < 4.78 is 29.4. The predicted octanol–water partition coefficient (Wildman–Crippen LogP) is -1.22. The molecular weight excluding hydrogens is 198 g/mol. The SMILES string of the molecule is O=C(O)CNS(=O)(=O)C1CCOC1. The fourth-order valence-electron chi connectivity index (χ4n) is 1.04. The van der Waals surface area contributed by atoms with Crippen LogP contribution in [0.15, 0.2) is 0 Å². The van der Waals surface area contributed by atoms with Gasteiger partial charge in [0.05, 0.1) is 6.61 Å². The van der Waals surface area contributed by atoms with Crippen LogP contribution in [0.25, 0.3) is 0 Å². The molecule has 76 valence electrons. The largest absolute Gasteiger partial charge is 0.480 e. The molecule has 1 rings (SSSR count). The number of rotatable bonds is 4. The first-order valence-corrected chi connectivity index (χ1v) is 5.35. The summed E-state index contributed by atoms with van der Waals surface area (Å²) in [6, 6.07) is 0. The molecule has 6 nitrogen and oxygen atoms in total. The second-order valence-corrected chi connectivity index (χ2v) is 4.79. The van der Waals surface area contributed by atoms with Gasteiger partial charge in [-0.3, -0.25) is 4.79 Å². The molecule has 7 heteroatoms. The number of hydrogen-bond donors (Lipinski definition) is 2. The van der Waals surface area contributed by atoms with Crippen LogP contribution in [-0.2, 0) is 19.6 Å². The lowest BCUT2D eigenvalue weighted by Crippen LogP contribution is -2.37. The minimum Gasteiger partial charge on any atom is -0.480 e. The monoisotopic (exact) mass is 209 g/mol. The summed E-state index contributed by atoms with van der Waals surface area (Å²) in [5.74, 6) is -1.19. The third kappa shape index (κ3) is 2.94. The van der Waals surface area contributed by atoms with Crippen molar-refractivity contribution < 1.29 is 23.1 Å². The van der Waals surface area contributed by atoms with Crippen LogP contribution in [-0.4, -0.2) is 44.5 Å². The van der Waals surface area contributed by atoms with Gasteiger partial charge in [-0.2, -0.15) is 0 Å². The van der Waals surface area contributed by atoms with Gasteiger partial charge in [0.1, 0.15) is 11.8 Å². The number of sulfonamides is 1. The molecule has 1 atom stereocenters. The lowest BCUT2D eigenvalue weighted by molar-refractivity contribution is -0.135. The maximum Gasteiger partial charge on any atom is 0.318 e. The van der Waals surface area contributed by atoms with Crippen LogP contribution in [0.4, 0.5) is 0 Å². The van der Waals surface area contributed by atoms with Crippen molar-refractivity contribution in [3.63, 3.8) is 0 Å². The predicted molar refractivity (Wildman–Crippen MR) is 43.8 cm³/mol. The molecule has 0 aromatic carbocycles. The molecule has 0 aromatic rings. The third-order valence-corrected chi connectivity index (χ3v) is 3.55. The Morgan fingerprint density at radius 1 is 1.62 bits per heavy atom. The second kappa shape index (κ2) is 4.03. The van der Waals surface area contributed by atoms with Gasteiger partial charge in [-0.05, 0) is 6.42 Å². The van der Waals surface area contributed by atoms with Crippen molar-refractivity contribution in [1.82, 2.24) is 4.72 Å². The van der Waals surface area contributed by atoms with Gasteiger partial charge in [0.25, 0.3) is 0 Å². The van der Waals surface area contributed by atoms with Crippen LogP contribution in [0.2, 0.25) is 0 Å². The summed E-state index contributed by atoms with van der Waals surface area (Å²) >= 11 is 0. The highest BCUT2D eigenvalue weighted by Gasteiger charge is 2.29. The van der Waals surface area contributed by atoms with Crippen LogP contribution >= 0.6 is 0 Å². The Hall–Kier alpha value is -0.660. The van der Waals surface area contributed by atoms with Gasteiger partial charge in [0.15, 0.2) is 0 Å². The number of hydrogen-bond acceptors (Lipinski definition) is 4. The molecule has 1 fully saturated rings. The van der Waals surface area contributed by atoms with Crippen LogP contribution in [0.3, 0.4) is 0 Å². The van der Waals surface area contributed by atoms with Crippen molar-refractivity contribution in [3.05, 3.63) is 0 Å². The molecule has 1 aliphatic heterocycles. The summed E-state index contributed by atoms with van der Waals surface area (Å²) in [7, 11) is -3.51. The minimum absolute atomic E-state index is 0.148. The number of carboxylic acid groups (broad SMARTS) is 1. The smallest absolute Gasteiger partial charge is 0.318 e. The lowest BCUT2D eigenvalue weighted by Gasteiger charge is -2.08. The molecule has 2 N–H and O–H groups in total. The normalized spacial score (nSPS) is 23.2. The second-order valence-electron chi connectivity index (χ2n) is 2.75. The van der Waals surface area contributed by atoms with E-state index in [4.69, 9.17) is 9.84 Å². The lowest BCUT2D eigenvalue weighted by atomic mass is 10.4. The fraction of sp³-hybridized carbons (Fsp3) is 0.833. The molecule has 0 radical (unpaired) electrons. The average molecular weight is 209 g/mol. The summed E-state index contributed by atoms with van der Waals surface area (Å²) in [4.78, 5) is 10.1. The van der Waals surface area contributed by atoms with E-state index in [1.54, 1.807) is 0 Å². The molecule has 0 aromatic heterocycles. The van der Waals surface area contributed by atoms with Crippen LogP contribution in [0.1, 0.15) is 6.42 Å². The van der Waals surface area contributed by atoms with Gasteiger partial charge in [-0.25, -0.2) is 13.1 Å². The van der Waals surface area contributed by atoms with E-state index in [1.807, 2.05) is 4.72 Å². The minimum atomic E-state index is -3.51. The van der Waals surface area contributed by atoms with Crippen LogP contribution < -0.4 is 4.72 Å². The van der Waals surface area contributed by atoms with E-state index < -0.39 is 27.8 Å². The van der Waals surface area contributed by atoms with Crippen molar-refractivity contribution in [2.75, 3.05) is 19.8 Å². The van der Waals surface area contributed by atoms with Crippen molar-refractivity contribution >= 4 is 16.0 Å². The zero-order valence-electron chi connectivity index (χ0n) is 6.89. The Morgan fingerprint density at radius 2 is 2.31 bits per heavy atom. The zero-order valence-corrected chi connectivity index (χ0v) is 7.71.